The van der Waals surface area contributed by atoms with Gasteiger partial charge in [0.05, 0.1) is 0 Å². The van der Waals surface area contributed by atoms with E-state index in [9.17, 15) is 0 Å². The van der Waals surface area contributed by atoms with Gasteiger partial charge in [-0.05, 0) is 17.6 Å². The quantitative estimate of drug-likeness (QED) is 0.330. The molecule has 1 aromatic heterocycles. The first-order valence-corrected chi connectivity index (χ1v) is 2.67. The van der Waals surface area contributed by atoms with Crippen molar-refractivity contribution in [3.8, 4) is 0 Å². The lowest BCUT2D eigenvalue weighted by molar-refractivity contribution is 0.857. The van der Waals surface area contributed by atoms with E-state index < -0.39 is 0 Å². The molecule has 0 saturated carbocycles. The monoisotopic (exact) mass is 138 g/mol. The molecule has 1 heterocycles. The number of hydrogen-bond donors (Lipinski definition) is 0. The van der Waals surface area contributed by atoms with Crippen molar-refractivity contribution in [3.05, 3.63) is 16.3 Å². The second-order valence-corrected chi connectivity index (χ2v) is 1.80. The van der Waals surface area contributed by atoms with E-state index in [1.165, 1.54) is 0 Å². The van der Waals surface area contributed by atoms with Crippen molar-refractivity contribution in [1.82, 2.24) is 14.8 Å². The Labute approximate surface area is 57.1 Å². The van der Waals surface area contributed by atoms with Crippen LogP contribution in [0.15, 0.2) is 5.11 Å². The van der Waals surface area contributed by atoms with Gasteiger partial charge < -0.3 is 4.57 Å². The predicted octanol–water partition coefficient (Wildman–Crippen LogP) is 1.07. The van der Waals surface area contributed by atoms with Crippen LogP contribution in [0.4, 0.5) is 5.95 Å². The molecular formula is C4H6N6. The highest BCUT2D eigenvalue weighted by molar-refractivity contribution is 5.14. The summed E-state index contributed by atoms with van der Waals surface area (Å²) in [6.45, 7) is 1.78. The van der Waals surface area contributed by atoms with Gasteiger partial charge >= 0.3 is 0 Å². The van der Waals surface area contributed by atoms with Gasteiger partial charge in [-0.1, -0.05) is 0 Å². The molecule has 6 nitrogen and oxygen atoms in total. The summed E-state index contributed by atoms with van der Waals surface area (Å²) in [5, 5.41) is 10.6. The van der Waals surface area contributed by atoms with Crippen LogP contribution in [0.2, 0.25) is 0 Å². The SMILES string of the molecule is Cc1nnc(N=[N+]=[N-])n1C. The molecule has 6 heteroatoms. The Kier molecular flexibility index (Phi) is 1.55. The first kappa shape index (κ1) is 6.57. The van der Waals surface area contributed by atoms with Crippen LogP contribution in [0.3, 0.4) is 0 Å². The summed E-state index contributed by atoms with van der Waals surface area (Å²) < 4.78 is 1.61. The third-order valence-electron chi connectivity index (χ3n) is 1.20. The normalized spacial score (nSPS) is 9.00. The van der Waals surface area contributed by atoms with Crippen LogP contribution in [0.1, 0.15) is 5.82 Å². The minimum atomic E-state index is 0.292. The minimum Gasteiger partial charge on any atom is -0.313 e. The zero-order valence-electron chi connectivity index (χ0n) is 5.68. The second-order valence-electron chi connectivity index (χ2n) is 1.80. The summed E-state index contributed by atoms with van der Waals surface area (Å²) >= 11 is 0. The summed E-state index contributed by atoms with van der Waals surface area (Å²) in [6.07, 6.45) is 0. The molecular weight excluding hydrogens is 132 g/mol. The van der Waals surface area contributed by atoms with Crippen molar-refractivity contribution >= 4 is 5.95 Å². The molecule has 1 rings (SSSR count). The van der Waals surface area contributed by atoms with Crippen molar-refractivity contribution < 1.29 is 0 Å². The largest absolute Gasteiger partial charge is 0.313 e. The van der Waals surface area contributed by atoms with Gasteiger partial charge in [0.25, 0.3) is 0 Å². The van der Waals surface area contributed by atoms with Gasteiger partial charge in [-0.2, -0.15) is 0 Å². The Morgan fingerprint density at radius 3 is 2.70 bits per heavy atom. The number of aromatic nitrogens is 3. The van der Waals surface area contributed by atoms with Crippen molar-refractivity contribution in [1.29, 1.82) is 0 Å². The maximum atomic E-state index is 8.03. The second kappa shape index (κ2) is 2.36. The number of hydrogen-bond acceptors (Lipinski definition) is 3. The average molecular weight is 138 g/mol. The Morgan fingerprint density at radius 2 is 2.30 bits per heavy atom. The number of aryl methyl sites for hydroxylation is 1. The van der Waals surface area contributed by atoms with Crippen LogP contribution in [-0.4, -0.2) is 14.8 Å². The van der Waals surface area contributed by atoms with E-state index in [4.69, 9.17) is 5.53 Å². The Balaban J connectivity index is 3.17. The molecule has 1 aromatic rings. The molecule has 10 heavy (non-hydrogen) atoms. The smallest absolute Gasteiger partial charge is 0.220 e. The number of rotatable bonds is 1. The van der Waals surface area contributed by atoms with Crippen LogP contribution in [-0.2, 0) is 7.05 Å². The summed E-state index contributed by atoms with van der Waals surface area (Å²) in [6, 6.07) is 0. The maximum absolute atomic E-state index is 8.03. The van der Waals surface area contributed by atoms with Gasteiger partial charge in [0, 0.05) is 12.0 Å². The lowest BCUT2D eigenvalue weighted by Gasteiger charge is -1.90. The Bertz CT molecular complexity index is 280. The molecule has 0 aliphatic heterocycles. The van der Waals surface area contributed by atoms with E-state index in [1.54, 1.807) is 18.5 Å². The van der Waals surface area contributed by atoms with Gasteiger partial charge in [0.1, 0.15) is 5.82 Å². The maximum Gasteiger partial charge on any atom is 0.220 e. The fraction of sp³-hybridized carbons (Fsp3) is 0.500. The summed E-state index contributed by atoms with van der Waals surface area (Å²) in [4.78, 5) is 2.58. The third-order valence-corrected chi connectivity index (χ3v) is 1.20. The first-order valence-electron chi connectivity index (χ1n) is 2.67. The van der Waals surface area contributed by atoms with Gasteiger partial charge in [0.15, 0.2) is 0 Å². The van der Waals surface area contributed by atoms with E-state index >= 15 is 0 Å². The number of azide groups is 1. The molecule has 0 aromatic carbocycles. The highest BCUT2D eigenvalue weighted by Gasteiger charge is 1.99. The molecule has 0 saturated heterocycles. The van der Waals surface area contributed by atoms with E-state index in [2.05, 4.69) is 20.2 Å². The van der Waals surface area contributed by atoms with E-state index in [1.807, 2.05) is 0 Å². The summed E-state index contributed by atoms with van der Waals surface area (Å²) in [5.41, 5.74) is 8.03. The molecule has 0 atom stereocenters. The fourth-order valence-electron chi connectivity index (χ4n) is 0.523. The van der Waals surface area contributed by atoms with Crippen LogP contribution in [0.25, 0.3) is 10.4 Å². The highest BCUT2D eigenvalue weighted by Crippen LogP contribution is 2.06. The van der Waals surface area contributed by atoms with E-state index in [0.717, 1.165) is 5.82 Å². The lowest BCUT2D eigenvalue weighted by atomic mass is 10.7. The molecule has 0 bridgehead atoms. The van der Waals surface area contributed by atoms with Crippen molar-refractivity contribution in [3.63, 3.8) is 0 Å². The first-order chi connectivity index (χ1) is 4.75. The topological polar surface area (TPSA) is 79.5 Å². The fourth-order valence-corrected chi connectivity index (χ4v) is 0.523. The van der Waals surface area contributed by atoms with Crippen LogP contribution in [0.5, 0.6) is 0 Å². The Hall–Kier alpha value is -1.55. The van der Waals surface area contributed by atoms with Gasteiger partial charge in [0.2, 0.25) is 5.95 Å². The zero-order chi connectivity index (χ0) is 7.56. The van der Waals surface area contributed by atoms with Gasteiger partial charge in [-0.3, -0.25) is 0 Å². The molecule has 0 aliphatic carbocycles. The molecule has 52 valence electrons. The molecule has 0 N–H and O–H groups in total. The van der Waals surface area contributed by atoms with Crippen molar-refractivity contribution in [2.24, 2.45) is 12.2 Å². The molecule has 0 amide bonds. The predicted molar refractivity (Wildman–Crippen MR) is 34.5 cm³/mol. The Morgan fingerprint density at radius 1 is 1.60 bits per heavy atom. The van der Waals surface area contributed by atoms with Gasteiger partial charge in [-0.15, -0.1) is 10.2 Å². The zero-order valence-corrected chi connectivity index (χ0v) is 5.68. The summed E-state index contributed by atoms with van der Waals surface area (Å²) in [7, 11) is 1.74. The number of nitrogens with zero attached hydrogens (tertiary/aromatic N) is 6. The lowest BCUT2D eigenvalue weighted by Crippen LogP contribution is -1.89. The molecule has 0 fully saturated rings. The minimum absolute atomic E-state index is 0.292. The van der Waals surface area contributed by atoms with Crippen LogP contribution in [0, 0.1) is 6.92 Å². The van der Waals surface area contributed by atoms with Gasteiger partial charge in [-0.25, -0.2) is 0 Å². The van der Waals surface area contributed by atoms with Crippen LogP contribution >= 0.6 is 0 Å². The summed E-state index contributed by atoms with van der Waals surface area (Å²) in [5.74, 6) is 1.02. The standard InChI is InChI=1S/C4H6N6/c1-3-6-7-4(8-9-5)10(3)2/h1-2H3. The third kappa shape index (κ3) is 0.918. The molecule has 0 aliphatic rings. The molecule has 0 spiro atoms. The van der Waals surface area contributed by atoms with Crippen molar-refractivity contribution in [2.75, 3.05) is 0 Å². The van der Waals surface area contributed by atoms with E-state index in [-0.39, 0.29) is 0 Å². The average Bonchev–Trinajstić information content (AvgIpc) is 2.20. The van der Waals surface area contributed by atoms with Crippen molar-refractivity contribution in [2.45, 2.75) is 6.92 Å². The van der Waals surface area contributed by atoms with E-state index in [0.29, 0.717) is 5.95 Å². The van der Waals surface area contributed by atoms with Crippen LogP contribution < -0.4 is 0 Å². The molecule has 0 radical (unpaired) electrons. The highest BCUT2D eigenvalue weighted by atomic mass is 15.4. The molecule has 0 unspecified atom stereocenters.